The molecule has 0 spiro atoms. The number of thioether (sulfide) groups is 1. The predicted octanol–water partition coefficient (Wildman–Crippen LogP) is 4.93. The first-order valence-corrected chi connectivity index (χ1v) is 8.84. The van der Waals surface area contributed by atoms with Crippen LogP contribution in [0.3, 0.4) is 0 Å². The van der Waals surface area contributed by atoms with E-state index in [9.17, 15) is 4.79 Å². The fourth-order valence-corrected chi connectivity index (χ4v) is 3.50. The van der Waals surface area contributed by atoms with Gasteiger partial charge in [-0.25, -0.2) is 4.99 Å². The molecule has 0 atom stereocenters. The van der Waals surface area contributed by atoms with E-state index in [-0.39, 0.29) is 11.7 Å². The standard InChI is InChI=1S/C18H12Cl2N2OS/c1-2-11-3-5-14(9-15(11)20)21-17(23)10-24-18-8-12-7-13(19)4-6-16(12)22-18/h1,3-7,9H,8,10H2,(H,21,23). The summed E-state index contributed by atoms with van der Waals surface area (Å²) in [6.07, 6.45) is 6.02. The van der Waals surface area contributed by atoms with Crippen LogP contribution in [0.2, 0.25) is 10.0 Å². The van der Waals surface area contributed by atoms with Crippen molar-refractivity contribution in [3.8, 4) is 12.3 Å². The number of fused-ring (bicyclic) bond motifs is 1. The highest BCUT2D eigenvalue weighted by molar-refractivity contribution is 8.14. The maximum atomic E-state index is 12.1. The molecular formula is C18H12Cl2N2OS. The topological polar surface area (TPSA) is 41.5 Å². The van der Waals surface area contributed by atoms with E-state index < -0.39 is 0 Å². The number of aliphatic imine (C=N–C) groups is 1. The third-order valence-electron chi connectivity index (χ3n) is 3.41. The summed E-state index contributed by atoms with van der Waals surface area (Å²) < 4.78 is 0. The monoisotopic (exact) mass is 374 g/mol. The Balaban J connectivity index is 1.56. The van der Waals surface area contributed by atoms with Crippen LogP contribution in [0.5, 0.6) is 0 Å². The van der Waals surface area contributed by atoms with Crippen molar-refractivity contribution in [3.05, 3.63) is 57.6 Å². The van der Waals surface area contributed by atoms with Gasteiger partial charge in [-0.1, -0.05) is 29.1 Å². The molecule has 0 fully saturated rings. The fourth-order valence-electron chi connectivity index (χ4n) is 2.28. The number of terminal acetylenes is 1. The number of anilines is 1. The molecule has 0 aromatic heterocycles. The molecule has 0 radical (unpaired) electrons. The Morgan fingerprint density at radius 3 is 2.88 bits per heavy atom. The van der Waals surface area contributed by atoms with Crippen molar-refractivity contribution in [1.82, 2.24) is 0 Å². The van der Waals surface area contributed by atoms with Gasteiger partial charge in [0.15, 0.2) is 0 Å². The number of benzene rings is 2. The van der Waals surface area contributed by atoms with Crippen molar-refractivity contribution >= 4 is 57.3 Å². The highest BCUT2D eigenvalue weighted by Gasteiger charge is 2.16. The van der Waals surface area contributed by atoms with Crippen LogP contribution in [0, 0.1) is 12.3 Å². The lowest BCUT2D eigenvalue weighted by atomic mass is 10.2. The smallest absolute Gasteiger partial charge is 0.234 e. The molecule has 120 valence electrons. The van der Waals surface area contributed by atoms with Gasteiger partial charge in [-0.05, 0) is 42.0 Å². The van der Waals surface area contributed by atoms with E-state index in [1.165, 1.54) is 11.8 Å². The molecule has 1 amide bonds. The Bertz CT molecular complexity index is 887. The average molecular weight is 375 g/mol. The number of carbonyl (C=O) groups is 1. The van der Waals surface area contributed by atoms with Crippen LogP contribution in [-0.4, -0.2) is 16.7 Å². The van der Waals surface area contributed by atoms with E-state index in [2.05, 4.69) is 16.2 Å². The molecule has 6 heteroatoms. The maximum Gasteiger partial charge on any atom is 0.234 e. The van der Waals surface area contributed by atoms with E-state index >= 15 is 0 Å². The number of rotatable bonds is 3. The van der Waals surface area contributed by atoms with Gasteiger partial charge in [0.2, 0.25) is 5.91 Å². The minimum Gasteiger partial charge on any atom is -0.325 e. The molecule has 0 aliphatic carbocycles. The lowest BCUT2D eigenvalue weighted by molar-refractivity contribution is -0.113. The van der Waals surface area contributed by atoms with Gasteiger partial charge in [0, 0.05) is 22.7 Å². The van der Waals surface area contributed by atoms with Gasteiger partial charge < -0.3 is 5.32 Å². The molecule has 2 aromatic rings. The van der Waals surface area contributed by atoms with Gasteiger partial charge in [-0.3, -0.25) is 4.79 Å². The van der Waals surface area contributed by atoms with Gasteiger partial charge in [-0.2, -0.15) is 0 Å². The van der Waals surface area contributed by atoms with E-state index in [0.29, 0.717) is 27.7 Å². The SMILES string of the molecule is C#Cc1ccc(NC(=O)CSC2=Nc3ccc(Cl)cc3C2)cc1Cl. The molecule has 24 heavy (non-hydrogen) atoms. The van der Waals surface area contributed by atoms with Crippen LogP contribution < -0.4 is 5.32 Å². The first-order chi connectivity index (χ1) is 11.5. The number of nitrogens with zero attached hydrogens (tertiary/aromatic N) is 1. The minimum atomic E-state index is -0.124. The number of amides is 1. The second-order valence-corrected chi connectivity index (χ2v) is 7.02. The zero-order chi connectivity index (χ0) is 17.1. The zero-order valence-electron chi connectivity index (χ0n) is 12.5. The van der Waals surface area contributed by atoms with Crippen LogP contribution in [-0.2, 0) is 11.2 Å². The lowest BCUT2D eigenvalue weighted by Gasteiger charge is -2.06. The van der Waals surface area contributed by atoms with Crippen LogP contribution in [0.1, 0.15) is 11.1 Å². The van der Waals surface area contributed by atoms with Crippen LogP contribution >= 0.6 is 35.0 Å². The minimum absolute atomic E-state index is 0.124. The quantitative estimate of drug-likeness (QED) is 0.773. The maximum absolute atomic E-state index is 12.1. The second-order valence-electron chi connectivity index (χ2n) is 5.13. The van der Waals surface area contributed by atoms with Crippen LogP contribution in [0.25, 0.3) is 0 Å². The molecule has 3 nitrogen and oxygen atoms in total. The highest BCUT2D eigenvalue weighted by Crippen LogP contribution is 2.32. The Morgan fingerprint density at radius 1 is 1.29 bits per heavy atom. The molecule has 0 saturated carbocycles. The lowest BCUT2D eigenvalue weighted by Crippen LogP contribution is -2.15. The van der Waals surface area contributed by atoms with Crippen molar-refractivity contribution in [3.63, 3.8) is 0 Å². The molecule has 1 aliphatic heterocycles. The zero-order valence-corrected chi connectivity index (χ0v) is 14.8. The van der Waals surface area contributed by atoms with E-state index in [1.54, 1.807) is 18.2 Å². The molecule has 1 aliphatic rings. The van der Waals surface area contributed by atoms with Gasteiger partial charge >= 0.3 is 0 Å². The van der Waals surface area contributed by atoms with Crippen molar-refractivity contribution in [2.24, 2.45) is 4.99 Å². The first-order valence-electron chi connectivity index (χ1n) is 7.10. The molecule has 3 rings (SSSR count). The third-order valence-corrected chi connectivity index (χ3v) is 4.93. The largest absolute Gasteiger partial charge is 0.325 e. The summed E-state index contributed by atoms with van der Waals surface area (Å²) in [5.74, 6) is 2.63. The molecular weight excluding hydrogens is 363 g/mol. The Labute approximate surface area is 154 Å². The number of carbonyl (C=O) groups excluding carboxylic acids is 1. The molecule has 0 bridgehead atoms. The molecule has 1 N–H and O–H groups in total. The normalized spacial score (nSPS) is 12.3. The van der Waals surface area contributed by atoms with Crippen molar-refractivity contribution in [2.45, 2.75) is 6.42 Å². The second kappa shape index (κ2) is 7.31. The summed E-state index contributed by atoms with van der Waals surface area (Å²) >= 11 is 13.4. The fraction of sp³-hybridized carbons (Fsp3) is 0.111. The molecule has 2 aromatic carbocycles. The number of hydrogen-bond donors (Lipinski definition) is 1. The van der Waals surface area contributed by atoms with Crippen LogP contribution in [0.15, 0.2) is 41.4 Å². The van der Waals surface area contributed by atoms with Crippen molar-refractivity contribution in [1.29, 1.82) is 0 Å². The Morgan fingerprint density at radius 2 is 2.12 bits per heavy atom. The Hall–Kier alpha value is -1.93. The predicted molar refractivity (Wildman–Crippen MR) is 103 cm³/mol. The van der Waals surface area contributed by atoms with E-state index in [1.807, 2.05) is 18.2 Å². The van der Waals surface area contributed by atoms with Gasteiger partial charge in [0.1, 0.15) is 0 Å². The summed E-state index contributed by atoms with van der Waals surface area (Å²) in [4.78, 5) is 16.6. The molecule has 1 heterocycles. The van der Waals surface area contributed by atoms with Crippen molar-refractivity contribution < 1.29 is 4.79 Å². The summed E-state index contributed by atoms with van der Waals surface area (Å²) in [7, 11) is 0. The Kier molecular flexibility index (Phi) is 5.15. The first kappa shape index (κ1) is 16.9. The van der Waals surface area contributed by atoms with Gasteiger partial charge in [0.25, 0.3) is 0 Å². The number of nitrogens with one attached hydrogen (secondary N) is 1. The summed E-state index contributed by atoms with van der Waals surface area (Å²) in [6, 6.07) is 10.7. The third kappa shape index (κ3) is 3.93. The highest BCUT2D eigenvalue weighted by atomic mass is 35.5. The van der Waals surface area contributed by atoms with Crippen LogP contribution in [0.4, 0.5) is 11.4 Å². The van der Waals surface area contributed by atoms with E-state index in [0.717, 1.165) is 16.3 Å². The molecule has 0 saturated heterocycles. The number of halogens is 2. The van der Waals surface area contributed by atoms with E-state index in [4.69, 9.17) is 29.6 Å². The molecule has 0 unspecified atom stereocenters. The van der Waals surface area contributed by atoms with Gasteiger partial charge in [0.05, 0.1) is 21.5 Å². The van der Waals surface area contributed by atoms with Gasteiger partial charge in [-0.15, -0.1) is 18.2 Å². The summed E-state index contributed by atoms with van der Waals surface area (Å²) in [5.41, 5.74) is 3.22. The number of hydrogen-bond acceptors (Lipinski definition) is 3. The van der Waals surface area contributed by atoms with Crippen molar-refractivity contribution in [2.75, 3.05) is 11.1 Å². The average Bonchev–Trinajstić information content (AvgIpc) is 2.95. The summed E-state index contributed by atoms with van der Waals surface area (Å²) in [5, 5.41) is 4.84. The summed E-state index contributed by atoms with van der Waals surface area (Å²) in [6.45, 7) is 0.